The molecule has 0 amide bonds. The second-order valence-electron chi connectivity index (χ2n) is 4.08. The Morgan fingerprint density at radius 1 is 1.10 bits per heavy atom. The highest BCUT2D eigenvalue weighted by Gasteiger charge is 2.16. The molecule has 0 aromatic heterocycles. The summed E-state index contributed by atoms with van der Waals surface area (Å²) in [6.07, 6.45) is 1.70. The summed E-state index contributed by atoms with van der Waals surface area (Å²) >= 11 is 1.53. The monoisotopic (exact) mass is 282 g/mol. The second-order valence-corrected chi connectivity index (χ2v) is 5.09. The van der Waals surface area contributed by atoms with Gasteiger partial charge in [0.1, 0.15) is 11.1 Å². The van der Waals surface area contributed by atoms with Crippen LogP contribution in [0.5, 0.6) is 5.75 Å². The average Bonchev–Trinajstić information content (AvgIpc) is 2.90. The molecule has 0 aliphatic carbocycles. The van der Waals surface area contributed by atoms with Crippen LogP contribution >= 0.6 is 0 Å². The molecular formula is C15H12N3OS+. The Morgan fingerprint density at radius 2 is 1.90 bits per heavy atom. The maximum atomic E-state index is 5.10. The molecule has 0 radical (unpaired) electrons. The molecule has 1 aliphatic rings. The number of nitrogens with zero attached hydrogens (tertiary/aromatic N) is 3. The van der Waals surface area contributed by atoms with Crippen LogP contribution in [0.3, 0.4) is 0 Å². The van der Waals surface area contributed by atoms with E-state index >= 15 is 0 Å². The van der Waals surface area contributed by atoms with E-state index in [-0.39, 0.29) is 0 Å². The van der Waals surface area contributed by atoms with Crippen LogP contribution in [0.4, 0.5) is 0 Å². The van der Waals surface area contributed by atoms with Crippen LogP contribution in [0, 0.1) is 4.51 Å². The number of rotatable bonds is 3. The molecule has 2 aromatic rings. The molecule has 5 heteroatoms. The van der Waals surface area contributed by atoms with E-state index in [9.17, 15) is 0 Å². The van der Waals surface area contributed by atoms with Gasteiger partial charge >= 0.3 is 5.17 Å². The van der Waals surface area contributed by atoms with Crippen molar-refractivity contribution in [3.63, 3.8) is 0 Å². The first-order chi connectivity index (χ1) is 9.85. The van der Waals surface area contributed by atoms with Gasteiger partial charge in [-0.2, -0.15) is 10.1 Å². The van der Waals surface area contributed by atoms with Crippen LogP contribution in [0.15, 0.2) is 63.7 Å². The molecular weight excluding hydrogens is 270 g/mol. The highest BCUT2D eigenvalue weighted by atomic mass is 32.1. The van der Waals surface area contributed by atoms with Crippen molar-refractivity contribution < 1.29 is 4.74 Å². The Hall–Kier alpha value is -2.40. The number of benzene rings is 2. The van der Waals surface area contributed by atoms with E-state index in [1.807, 2.05) is 48.5 Å². The molecule has 0 N–H and O–H groups in total. The molecule has 4 nitrogen and oxygen atoms in total. The van der Waals surface area contributed by atoms with Gasteiger partial charge in [-0.25, -0.2) is 0 Å². The van der Waals surface area contributed by atoms with E-state index in [1.54, 1.807) is 13.3 Å². The van der Waals surface area contributed by atoms with Crippen LogP contribution in [0.2, 0.25) is 0 Å². The fourth-order valence-corrected chi connectivity index (χ4v) is 2.53. The molecule has 0 saturated heterocycles. The van der Waals surface area contributed by atoms with Crippen LogP contribution in [0.25, 0.3) is 0 Å². The molecule has 2 aromatic carbocycles. The van der Waals surface area contributed by atoms with E-state index in [0.717, 1.165) is 21.2 Å². The minimum Gasteiger partial charge on any atom is -0.497 e. The van der Waals surface area contributed by atoms with E-state index in [2.05, 4.69) is 15.2 Å². The normalized spacial score (nSPS) is 14.9. The van der Waals surface area contributed by atoms with Crippen molar-refractivity contribution in [2.75, 3.05) is 7.11 Å². The lowest BCUT2D eigenvalue weighted by Gasteiger charge is -1.97. The highest BCUT2D eigenvalue weighted by molar-refractivity contribution is 7.87. The lowest BCUT2D eigenvalue weighted by Crippen LogP contribution is -1.97. The fourth-order valence-electron chi connectivity index (χ4n) is 1.74. The summed E-state index contributed by atoms with van der Waals surface area (Å²) in [5, 5.41) is 9.81. The van der Waals surface area contributed by atoms with Gasteiger partial charge < -0.3 is 4.74 Å². The van der Waals surface area contributed by atoms with Crippen molar-refractivity contribution in [2.45, 2.75) is 0 Å². The van der Waals surface area contributed by atoms with Crippen LogP contribution < -0.4 is 10.1 Å². The van der Waals surface area contributed by atoms with Crippen molar-refractivity contribution in [1.82, 2.24) is 0 Å². The Labute approximate surface area is 120 Å². The Kier molecular flexibility index (Phi) is 3.60. The smallest absolute Gasteiger partial charge is 0.442 e. The Bertz CT molecular complexity index is 758. The quantitative estimate of drug-likeness (QED) is 0.368. The molecule has 0 atom stereocenters. The SMILES string of the molecule is COc1ccc(/C=N/N=C2/N=c3ccccc3=[S+]2)cc1. The molecule has 0 fully saturated rings. The summed E-state index contributed by atoms with van der Waals surface area (Å²) < 4.78 is 6.22. The highest BCUT2D eigenvalue weighted by Crippen LogP contribution is 2.09. The summed E-state index contributed by atoms with van der Waals surface area (Å²) in [6, 6.07) is 15.6. The third-order valence-corrected chi connectivity index (χ3v) is 3.67. The van der Waals surface area contributed by atoms with Crippen molar-refractivity contribution in [2.24, 2.45) is 15.2 Å². The van der Waals surface area contributed by atoms with Crippen molar-refractivity contribution >= 4 is 22.7 Å². The van der Waals surface area contributed by atoms with Crippen LogP contribution in [-0.4, -0.2) is 18.5 Å². The zero-order chi connectivity index (χ0) is 13.8. The minimum atomic E-state index is 0.663. The van der Waals surface area contributed by atoms with Gasteiger partial charge in [0.25, 0.3) is 15.9 Å². The summed E-state index contributed by atoms with van der Waals surface area (Å²) in [6.45, 7) is 0. The molecule has 3 rings (SSSR count). The molecule has 0 saturated carbocycles. The van der Waals surface area contributed by atoms with Crippen LogP contribution in [-0.2, 0) is 11.4 Å². The number of methoxy groups -OCH3 is 1. The summed E-state index contributed by atoms with van der Waals surface area (Å²) in [5.41, 5.74) is 0.968. The number of hydrogen-bond acceptors (Lipinski definition) is 3. The van der Waals surface area contributed by atoms with E-state index in [0.29, 0.717) is 5.17 Å². The average molecular weight is 282 g/mol. The van der Waals surface area contributed by atoms with E-state index in [4.69, 9.17) is 4.74 Å². The second kappa shape index (κ2) is 5.71. The van der Waals surface area contributed by atoms with Gasteiger partial charge in [-0.15, -0.1) is 0 Å². The van der Waals surface area contributed by atoms with Crippen LogP contribution in [0.1, 0.15) is 5.56 Å². The molecule has 20 heavy (non-hydrogen) atoms. The third-order valence-electron chi connectivity index (χ3n) is 2.75. The number of amidine groups is 1. The van der Waals surface area contributed by atoms with Gasteiger partial charge in [0.2, 0.25) is 0 Å². The first-order valence-electron chi connectivity index (χ1n) is 6.09. The predicted molar refractivity (Wildman–Crippen MR) is 81.8 cm³/mol. The maximum Gasteiger partial charge on any atom is 0.442 e. The van der Waals surface area contributed by atoms with Gasteiger partial charge in [-0.1, -0.05) is 17.2 Å². The van der Waals surface area contributed by atoms with Gasteiger partial charge in [0.15, 0.2) is 0 Å². The van der Waals surface area contributed by atoms with Crippen molar-refractivity contribution in [1.29, 1.82) is 0 Å². The van der Waals surface area contributed by atoms with E-state index in [1.165, 1.54) is 11.4 Å². The largest absolute Gasteiger partial charge is 0.497 e. The molecule has 98 valence electrons. The predicted octanol–water partition coefficient (Wildman–Crippen LogP) is 2.05. The first-order valence-corrected chi connectivity index (χ1v) is 6.90. The van der Waals surface area contributed by atoms with Crippen molar-refractivity contribution in [3.05, 3.63) is 64.0 Å². The molecule has 0 spiro atoms. The number of fused-ring (bicyclic) bond motifs is 1. The lowest BCUT2D eigenvalue weighted by atomic mass is 10.2. The minimum absolute atomic E-state index is 0.663. The standard InChI is InChI=1S/C15H12N3OS/c1-19-12-8-6-11(7-9-12)10-16-18-15-17-13-4-2-3-5-14(13)20-15/h2-10H,1H3/q+1/b16-10+,18-15-. The zero-order valence-electron chi connectivity index (χ0n) is 10.9. The molecule has 0 bridgehead atoms. The number of hydrogen-bond donors (Lipinski definition) is 0. The van der Waals surface area contributed by atoms with Gasteiger partial charge in [-0.05, 0) is 35.9 Å². The first kappa shape index (κ1) is 12.6. The molecule has 0 unspecified atom stereocenters. The molecule has 1 heterocycles. The topological polar surface area (TPSA) is 46.3 Å². The van der Waals surface area contributed by atoms with Gasteiger partial charge in [0.05, 0.1) is 13.3 Å². The maximum absolute atomic E-state index is 5.10. The lowest BCUT2D eigenvalue weighted by molar-refractivity contribution is 0.415. The zero-order valence-corrected chi connectivity index (χ0v) is 11.7. The summed E-state index contributed by atoms with van der Waals surface area (Å²) in [7, 11) is 1.64. The summed E-state index contributed by atoms with van der Waals surface area (Å²) in [4.78, 5) is 4.39. The summed E-state index contributed by atoms with van der Waals surface area (Å²) in [5.74, 6) is 0.824. The Balaban J connectivity index is 1.77. The molecule has 1 aliphatic heterocycles. The van der Waals surface area contributed by atoms with Gasteiger partial charge in [-0.3, -0.25) is 0 Å². The van der Waals surface area contributed by atoms with Gasteiger partial charge in [0, 0.05) is 6.07 Å². The fraction of sp³-hybridized carbons (Fsp3) is 0.0667. The van der Waals surface area contributed by atoms with E-state index < -0.39 is 0 Å². The number of para-hydroxylation sites is 1. The Morgan fingerprint density at radius 3 is 2.65 bits per heavy atom. The number of ether oxygens (including phenoxy) is 1. The third kappa shape index (κ3) is 2.78. The van der Waals surface area contributed by atoms with Crippen molar-refractivity contribution in [3.8, 4) is 5.75 Å².